The Balaban J connectivity index is 1.64. The highest BCUT2D eigenvalue weighted by Crippen LogP contribution is 2.17. The zero-order valence-electron chi connectivity index (χ0n) is 17.4. The summed E-state index contributed by atoms with van der Waals surface area (Å²) in [7, 11) is 0. The molecular formula is C24H31N3O2. The van der Waals surface area contributed by atoms with Gasteiger partial charge >= 0.3 is 0 Å². The van der Waals surface area contributed by atoms with E-state index in [-0.39, 0.29) is 29.8 Å². The van der Waals surface area contributed by atoms with E-state index in [0.717, 1.165) is 5.56 Å². The molecule has 3 N–H and O–H groups in total. The molecule has 0 spiro atoms. The largest absolute Gasteiger partial charge is 0.348 e. The third-order valence-electron chi connectivity index (χ3n) is 5.40. The molecule has 0 aromatic heterocycles. The maximum Gasteiger partial charge on any atom is 0.243 e. The van der Waals surface area contributed by atoms with E-state index in [1.165, 1.54) is 11.1 Å². The fraction of sp³-hybridized carbons (Fsp3) is 0.417. The number of hydrogen-bond donors (Lipinski definition) is 3. The van der Waals surface area contributed by atoms with E-state index in [1.807, 2.05) is 49.4 Å². The lowest BCUT2D eigenvalue weighted by Gasteiger charge is -2.28. The molecule has 0 unspecified atom stereocenters. The topological polar surface area (TPSA) is 70.2 Å². The molecule has 3 rings (SSSR count). The lowest BCUT2D eigenvalue weighted by Crippen LogP contribution is -2.54. The van der Waals surface area contributed by atoms with Gasteiger partial charge in [-0.2, -0.15) is 0 Å². The first-order valence-corrected chi connectivity index (χ1v) is 10.4. The van der Waals surface area contributed by atoms with Crippen molar-refractivity contribution >= 4 is 11.8 Å². The van der Waals surface area contributed by atoms with Crippen LogP contribution in [0, 0.1) is 5.92 Å². The first kappa shape index (κ1) is 21.1. The lowest BCUT2D eigenvalue weighted by atomic mass is 9.95. The molecule has 0 saturated heterocycles. The molecule has 1 aliphatic heterocycles. The summed E-state index contributed by atoms with van der Waals surface area (Å²) < 4.78 is 0. The van der Waals surface area contributed by atoms with Gasteiger partial charge < -0.3 is 16.0 Å². The van der Waals surface area contributed by atoms with Crippen molar-refractivity contribution in [3.8, 4) is 0 Å². The maximum absolute atomic E-state index is 12.9. The van der Waals surface area contributed by atoms with Crippen LogP contribution in [-0.4, -0.2) is 23.9 Å². The van der Waals surface area contributed by atoms with Gasteiger partial charge in [0, 0.05) is 6.54 Å². The summed E-state index contributed by atoms with van der Waals surface area (Å²) in [5, 5.41) is 9.34. The number of nitrogens with one attached hydrogen (secondary N) is 3. The van der Waals surface area contributed by atoms with E-state index < -0.39 is 6.04 Å². The van der Waals surface area contributed by atoms with Crippen LogP contribution in [0.15, 0.2) is 54.6 Å². The summed E-state index contributed by atoms with van der Waals surface area (Å²) in [6, 6.07) is 17.0. The van der Waals surface area contributed by atoms with Crippen molar-refractivity contribution < 1.29 is 9.59 Å². The van der Waals surface area contributed by atoms with Gasteiger partial charge in [0.05, 0.1) is 12.1 Å². The van der Waals surface area contributed by atoms with Gasteiger partial charge in [-0.05, 0) is 42.4 Å². The van der Waals surface area contributed by atoms with E-state index in [4.69, 9.17) is 0 Å². The Morgan fingerprint density at radius 3 is 2.31 bits per heavy atom. The van der Waals surface area contributed by atoms with Gasteiger partial charge in [-0.25, -0.2) is 0 Å². The Kier molecular flexibility index (Phi) is 7.04. The van der Waals surface area contributed by atoms with Crippen LogP contribution in [0.5, 0.6) is 0 Å². The summed E-state index contributed by atoms with van der Waals surface area (Å²) in [5.74, 6) is 0.0328. The summed E-state index contributed by atoms with van der Waals surface area (Å²) in [5.41, 5.74) is 3.46. The molecule has 0 saturated carbocycles. The highest BCUT2D eigenvalue weighted by atomic mass is 16.2. The van der Waals surface area contributed by atoms with Crippen molar-refractivity contribution in [2.24, 2.45) is 5.92 Å². The summed E-state index contributed by atoms with van der Waals surface area (Å²) >= 11 is 0. The molecule has 2 aromatic carbocycles. The predicted molar refractivity (Wildman–Crippen MR) is 115 cm³/mol. The predicted octanol–water partition coefficient (Wildman–Crippen LogP) is 3.11. The summed E-state index contributed by atoms with van der Waals surface area (Å²) in [6.07, 6.45) is 1.24. The maximum atomic E-state index is 12.9. The number of hydrogen-bond acceptors (Lipinski definition) is 3. The Labute approximate surface area is 173 Å². The summed E-state index contributed by atoms with van der Waals surface area (Å²) in [4.78, 5) is 25.8. The monoisotopic (exact) mass is 393 g/mol. The lowest BCUT2D eigenvalue weighted by molar-refractivity contribution is -0.130. The zero-order valence-corrected chi connectivity index (χ0v) is 17.4. The number of amides is 2. The minimum atomic E-state index is -0.548. The zero-order chi connectivity index (χ0) is 20.8. The van der Waals surface area contributed by atoms with Crippen molar-refractivity contribution in [3.05, 3.63) is 71.3 Å². The second kappa shape index (κ2) is 9.70. The van der Waals surface area contributed by atoms with Crippen molar-refractivity contribution in [1.82, 2.24) is 16.0 Å². The van der Waals surface area contributed by atoms with Gasteiger partial charge in [-0.1, -0.05) is 68.4 Å². The highest BCUT2D eigenvalue weighted by molar-refractivity contribution is 5.90. The molecule has 0 bridgehead atoms. The molecule has 154 valence electrons. The van der Waals surface area contributed by atoms with Gasteiger partial charge in [-0.15, -0.1) is 0 Å². The van der Waals surface area contributed by atoms with E-state index in [1.54, 1.807) is 0 Å². The second-order valence-corrected chi connectivity index (χ2v) is 8.24. The first-order chi connectivity index (χ1) is 13.9. The van der Waals surface area contributed by atoms with Gasteiger partial charge in [0.25, 0.3) is 0 Å². The third-order valence-corrected chi connectivity index (χ3v) is 5.40. The smallest absolute Gasteiger partial charge is 0.243 e. The van der Waals surface area contributed by atoms with Crippen LogP contribution in [0.2, 0.25) is 0 Å². The van der Waals surface area contributed by atoms with E-state index in [2.05, 4.69) is 41.9 Å². The van der Waals surface area contributed by atoms with Crippen molar-refractivity contribution in [2.75, 3.05) is 0 Å². The summed E-state index contributed by atoms with van der Waals surface area (Å²) in [6.45, 7) is 6.74. The molecule has 5 heteroatoms. The minimum Gasteiger partial charge on any atom is -0.348 e. The molecule has 1 aliphatic rings. The van der Waals surface area contributed by atoms with Gasteiger partial charge in [0.1, 0.15) is 6.04 Å². The fourth-order valence-corrected chi connectivity index (χ4v) is 3.75. The molecule has 29 heavy (non-hydrogen) atoms. The molecular weight excluding hydrogens is 362 g/mol. The van der Waals surface area contributed by atoms with E-state index in [9.17, 15) is 9.59 Å². The molecule has 3 atom stereocenters. The number of carbonyl (C=O) groups is 2. The van der Waals surface area contributed by atoms with Crippen molar-refractivity contribution in [3.63, 3.8) is 0 Å². The van der Waals surface area contributed by atoms with Crippen LogP contribution < -0.4 is 16.0 Å². The van der Waals surface area contributed by atoms with E-state index >= 15 is 0 Å². The average Bonchev–Trinajstić information content (AvgIpc) is 2.73. The fourth-order valence-electron chi connectivity index (χ4n) is 3.75. The normalized spacial score (nSPS) is 17.9. The van der Waals surface area contributed by atoms with Crippen LogP contribution >= 0.6 is 0 Å². The van der Waals surface area contributed by atoms with Crippen LogP contribution in [0.1, 0.15) is 49.9 Å². The second-order valence-electron chi connectivity index (χ2n) is 8.24. The van der Waals surface area contributed by atoms with Crippen LogP contribution in [-0.2, 0) is 22.6 Å². The minimum absolute atomic E-state index is 0.116. The third kappa shape index (κ3) is 5.67. The van der Waals surface area contributed by atoms with Crippen molar-refractivity contribution in [2.45, 2.75) is 58.3 Å². The molecule has 5 nitrogen and oxygen atoms in total. The van der Waals surface area contributed by atoms with E-state index in [0.29, 0.717) is 19.4 Å². The molecule has 0 aliphatic carbocycles. The Morgan fingerprint density at radius 1 is 0.966 bits per heavy atom. The van der Waals surface area contributed by atoms with Gasteiger partial charge in [0.15, 0.2) is 0 Å². The molecule has 1 heterocycles. The number of benzene rings is 2. The van der Waals surface area contributed by atoms with Crippen LogP contribution in [0.25, 0.3) is 0 Å². The number of fused-ring (bicyclic) bond motifs is 1. The quantitative estimate of drug-likeness (QED) is 0.677. The van der Waals surface area contributed by atoms with Crippen LogP contribution in [0.4, 0.5) is 0 Å². The van der Waals surface area contributed by atoms with Gasteiger partial charge in [-0.3, -0.25) is 9.59 Å². The SMILES string of the molecule is CC(C)C[C@@H](NC(=O)[C@@H]1Cc2ccccc2CN1)C(=O)N[C@@H](C)c1ccccc1. The molecule has 2 aromatic rings. The Morgan fingerprint density at radius 2 is 1.62 bits per heavy atom. The standard InChI is InChI=1S/C24H31N3O2/c1-16(2)13-22(24(29)26-17(3)18-9-5-4-6-10-18)27-23(28)21-14-19-11-7-8-12-20(19)15-25-21/h4-12,16-17,21-22,25H,13-15H2,1-3H3,(H,26,29)(H,27,28)/t17-,21-,22+/m0/s1. The number of rotatable bonds is 7. The van der Waals surface area contributed by atoms with Crippen molar-refractivity contribution in [1.29, 1.82) is 0 Å². The first-order valence-electron chi connectivity index (χ1n) is 10.4. The Hall–Kier alpha value is -2.66. The van der Waals surface area contributed by atoms with Gasteiger partial charge in [0.2, 0.25) is 11.8 Å². The molecule has 0 fully saturated rings. The van der Waals surface area contributed by atoms with Crippen LogP contribution in [0.3, 0.4) is 0 Å². The number of carbonyl (C=O) groups excluding carboxylic acids is 2. The Bertz CT molecular complexity index is 835. The average molecular weight is 394 g/mol. The highest BCUT2D eigenvalue weighted by Gasteiger charge is 2.29. The molecule has 2 amide bonds. The molecule has 0 radical (unpaired) electrons.